The molecule has 162 valence electrons. The minimum Gasteiger partial charge on any atom is -0.407 e. The monoisotopic (exact) mass is 447 g/mol. The Labute approximate surface area is 181 Å². The summed E-state index contributed by atoms with van der Waals surface area (Å²) in [5.74, 6) is -3.64. The zero-order valence-electron chi connectivity index (χ0n) is 16.3. The number of fused-ring (bicyclic) bond motifs is 1. The highest BCUT2D eigenvalue weighted by Gasteiger charge is 2.49. The van der Waals surface area contributed by atoms with Crippen molar-refractivity contribution in [2.75, 3.05) is 16.8 Å². The predicted octanol–water partition coefficient (Wildman–Crippen LogP) is 2.72. The fraction of sp³-hybridized carbons (Fsp3) is 0.286. The number of anilines is 2. The number of alkyl carbamates (subject to hydrolysis) is 1. The summed E-state index contributed by atoms with van der Waals surface area (Å²) >= 11 is 5.91. The Bertz CT molecular complexity index is 1080. The molecule has 10 heteroatoms. The van der Waals surface area contributed by atoms with Gasteiger partial charge in [0.05, 0.1) is 0 Å². The van der Waals surface area contributed by atoms with Crippen molar-refractivity contribution in [1.82, 2.24) is 5.32 Å². The highest BCUT2D eigenvalue weighted by Crippen LogP contribution is 2.33. The lowest BCUT2D eigenvalue weighted by atomic mass is 10.0. The number of carbonyl (C=O) groups is 3. The summed E-state index contributed by atoms with van der Waals surface area (Å²) < 4.78 is 18.1. The second-order valence-electron chi connectivity index (χ2n) is 7.36. The SMILES string of the molecule is O=C1CCc2cc(N3CC[C@](O)(OC(=O)NCc4ccc(F)cc4Cl)C3=O)ccc2N1. The number of aliphatic hydroxyl groups is 1. The Hall–Kier alpha value is -3.17. The maximum Gasteiger partial charge on any atom is 0.410 e. The van der Waals surface area contributed by atoms with Crippen LogP contribution in [-0.4, -0.2) is 35.3 Å². The van der Waals surface area contributed by atoms with E-state index in [1.165, 1.54) is 17.0 Å². The largest absolute Gasteiger partial charge is 0.410 e. The normalized spacial score (nSPS) is 20.3. The van der Waals surface area contributed by atoms with Crippen LogP contribution in [0, 0.1) is 5.82 Å². The van der Waals surface area contributed by atoms with E-state index in [1.54, 1.807) is 18.2 Å². The van der Waals surface area contributed by atoms with Crippen LogP contribution in [0.25, 0.3) is 0 Å². The second-order valence-corrected chi connectivity index (χ2v) is 7.77. The quantitative estimate of drug-likeness (QED) is 0.624. The number of nitrogens with zero attached hydrogens (tertiary/aromatic N) is 1. The molecule has 0 bridgehead atoms. The number of rotatable bonds is 4. The molecule has 2 heterocycles. The Morgan fingerprint density at radius 1 is 1.26 bits per heavy atom. The van der Waals surface area contributed by atoms with E-state index in [0.717, 1.165) is 11.6 Å². The van der Waals surface area contributed by atoms with Crippen LogP contribution < -0.4 is 15.5 Å². The molecule has 0 unspecified atom stereocenters. The molecule has 8 nitrogen and oxygen atoms in total. The number of aryl methyl sites for hydroxylation is 1. The van der Waals surface area contributed by atoms with Gasteiger partial charge in [-0.3, -0.25) is 9.59 Å². The van der Waals surface area contributed by atoms with E-state index in [9.17, 15) is 23.9 Å². The van der Waals surface area contributed by atoms with Crippen LogP contribution in [0.3, 0.4) is 0 Å². The van der Waals surface area contributed by atoms with Crippen LogP contribution in [-0.2, 0) is 27.3 Å². The summed E-state index contributed by atoms with van der Waals surface area (Å²) in [5, 5.41) is 15.9. The maximum absolute atomic E-state index is 13.1. The lowest BCUT2D eigenvalue weighted by Crippen LogP contribution is -2.46. The van der Waals surface area contributed by atoms with E-state index in [4.69, 9.17) is 16.3 Å². The van der Waals surface area contributed by atoms with Crippen LogP contribution in [0.15, 0.2) is 36.4 Å². The minimum atomic E-state index is -2.30. The predicted molar refractivity (Wildman–Crippen MR) is 110 cm³/mol. The number of carbonyl (C=O) groups excluding carboxylic acids is 3. The van der Waals surface area contributed by atoms with E-state index in [0.29, 0.717) is 29.8 Å². The summed E-state index contributed by atoms with van der Waals surface area (Å²) in [5.41, 5.74) is 2.57. The molecule has 2 aromatic carbocycles. The third-order valence-corrected chi connectivity index (χ3v) is 5.60. The molecule has 2 aliphatic heterocycles. The van der Waals surface area contributed by atoms with Crippen molar-refractivity contribution < 1.29 is 28.6 Å². The number of ether oxygens (including phenoxy) is 1. The second kappa shape index (κ2) is 8.16. The molecule has 0 aromatic heterocycles. The number of hydrogen-bond acceptors (Lipinski definition) is 5. The third kappa shape index (κ3) is 4.33. The topological polar surface area (TPSA) is 108 Å². The Morgan fingerprint density at radius 2 is 2.06 bits per heavy atom. The molecule has 0 aliphatic carbocycles. The van der Waals surface area contributed by atoms with Crippen molar-refractivity contribution in [2.45, 2.75) is 31.6 Å². The summed E-state index contributed by atoms with van der Waals surface area (Å²) in [7, 11) is 0. The van der Waals surface area contributed by atoms with Crippen LogP contribution in [0.5, 0.6) is 0 Å². The average Bonchev–Trinajstić information content (AvgIpc) is 3.01. The molecule has 3 amide bonds. The molecular weight excluding hydrogens is 429 g/mol. The van der Waals surface area contributed by atoms with Gasteiger partial charge >= 0.3 is 6.09 Å². The fourth-order valence-corrected chi connectivity index (χ4v) is 3.82. The van der Waals surface area contributed by atoms with Gasteiger partial charge in [0, 0.05) is 42.3 Å². The zero-order chi connectivity index (χ0) is 22.2. The minimum absolute atomic E-state index is 0.0618. The first-order chi connectivity index (χ1) is 14.7. The van der Waals surface area contributed by atoms with Gasteiger partial charge in [-0.25, -0.2) is 9.18 Å². The van der Waals surface area contributed by atoms with Crippen molar-refractivity contribution in [3.8, 4) is 0 Å². The van der Waals surface area contributed by atoms with Crippen molar-refractivity contribution in [3.63, 3.8) is 0 Å². The fourth-order valence-electron chi connectivity index (χ4n) is 3.58. The van der Waals surface area contributed by atoms with E-state index in [1.807, 2.05) is 0 Å². The number of amides is 3. The molecule has 0 radical (unpaired) electrons. The van der Waals surface area contributed by atoms with Gasteiger partial charge in [-0.1, -0.05) is 17.7 Å². The number of halogens is 2. The molecule has 0 spiro atoms. The van der Waals surface area contributed by atoms with Gasteiger partial charge in [0.1, 0.15) is 5.82 Å². The van der Waals surface area contributed by atoms with Gasteiger partial charge in [-0.2, -0.15) is 0 Å². The molecule has 0 saturated carbocycles. The van der Waals surface area contributed by atoms with Crippen LogP contribution >= 0.6 is 11.6 Å². The first kappa shape index (κ1) is 21.1. The molecule has 31 heavy (non-hydrogen) atoms. The Balaban J connectivity index is 1.40. The smallest absolute Gasteiger partial charge is 0.407 e. The standard InChI is InChI=1S/C21H19ClFN3O5/c22-16-10-14(23)3-1-13(16)11-24-20(29)31-21(30)7-8-26(19(21)28)15-4-5-17-12(9-15)2-6-18(27)25-17/h1,3-5,9-10,30H,2,6-8,11H2,(H,24,29)(H,25,27)/t21-/m0/s1. The number of benzene rings is 2. The lowest BCUT2D eigenvalue weighted by Gasteiger charge is -2.24. The van der Waals surface area contributed by atoms with Crippen molar-refractivity contribution in [3.05, 3.63) is 58.4 Å². The van der Waals surface area contributed by atoms with Crippen LogP contribution in [0.1, 0.15) is 24.0 Å². The lowest BCUT2D eigenvalue weighted by molar-refractivity contribution is -0.175. The van der Waals surface area contributed by atoms with Gasteiger partial charge in [-0.05, 0) is 47.9 Å². The van der Waals surface area contributed by atoms with Gasteiger partial charge in [0.15, 0.2) is 0 Å². The summed E-state index contributed by atoms with van der Waals surface area (Å²) in [6, 6.07) is 8.85. The summed E-state index contributed by atoms with van der Waals surface area (Å²) in [6.07, 6.45) is -0.210. The van der Waals surface area contributed by atoms with Crippen molar-refractivity contribution >= 4 is 40.9 Å². The Kier molecular flexibility index (Phi) is 5.55. The highest BCUT2D eigenvalue weighted by molar-refractivity contribution is 6.31. The molecule has 4 rings (SSSR count). The molecule has 2 aliphatic rings. The first-order valence-corrected chi connectivity index (χ1v) is 10.0. The van der Waals surface area contributed by atoms with Gasteiger partial charge < -0.3 is 25.4 Å². The molecular formula is C21H19ClFN3O5. The third-order valence-electron chi connectivity index (χ3n) is 5.25. The van der Waals surface area contributed by atoms with E-state index >= 15 is 0 Å². The Morgan fingerprint density at radius 3 is 2.84 bits per heavy atom. The first-order valence-electron chi connectivity index (χ1n) is 9.63. The van der Waals surface area contributed by atoms with Gasteiger partial charge in [-0.15, -0.1) is 0 Å². The zero-order valence-corrected chi connectivity index (χ0v) is 17.0. The maximum atomic E-state index is 13.1. The van der Waals surface area contributed by atoms with Crippen molar-refractivity contribution in [2.24, 2.45) is 0 Å². The van der Waals surface area contributed by atoms with Crippen LogP contribution in [0.2, 0.25) is 5.02 Å². The van der Waals surface area contributed by atoms with Gasteiger partial charge in [0.25, 0.3) is 11.7 Å². The number of nitrogens with one attached hydrogen (secondary N) is 2. The molecule has 3 N–H and O–H groups in total. The van der Waals surface area contributed by atoms with E-state index < -0.39 is 23.6 Å². The van der Waals surface area contributed by atoms with E-state index in [-0.39, 0.29) is 30.4 Å². The van der Waals surface area contributed by atoms with Gasteiger partial charge in [0.2, 0.25) is 5.91 Å². The molecule has 1 saturated heterocycles. The average molecular weight is 448 g/mol. The molecule has 2 aromatic rings. The van der Waals surface area contributed by atoms with Crippen LogP contribution in [0.4, 0.5) is 20.6 Å². The molecule has 1 atom stereocenters. The molecule has 1 fully saturated rings. The van der Waals surface area contributed by atoms with Crippen molar-refractivity contribution in [1.29, 1.82) is 0 Å². The summed E-state index contributed by atoms with van der Waals surface area (Å²) in [4.78, 5) is 37.8. The highest BCUT2D eigenvalue weighted by atomic mass is 35.5. The number of hydrogen-bond donors (Lipinski definition) is 3. The summed E-state index contributed by atoms with van der Waals surface area (Å²) in [6.45, 7) is 0.0834. The van der Waals surface area contributed by atoms with E-state index in [2.05, 4.69) is 10.6 Å².